The van der Waals surface area contributed by atoms with Crippen LogP contribution in [0.3, 0.4) is 0 Å². The van der Waals surface area contributed by atoms with E-state index in [0.29, 0.717) is 0 Å². The molecule has 5 nitrogen and oxygen atoms in total. The molecule has 0 radical (unpaired) electrons. The molecule has 0 aliphatic carbocycles. The normalized spacial score (nSPS) is 10.2. The summed E-state index contributed by atoms with van der Waals surface area (Å²) in [5, 5.41) is 13.2. The van der Waals surface area contributed by atoms with Gasteiger partial charge in [-0.05, 0) is 34.1 Å². The van der Waals surface area contributed by atoms with Crippen LogP contribution in [0.5, 0.6) is 0 Å². The van der Waals surface area contributed by atoms with Crippen LogP contribution in [0.4, 0.5) is 15.8 Å². The lowest BCUT2D eigenvalue weighted by Gasteiger charge is -2.09. The van der Waals surface area contributed by atoms with E-state index in [1.165, 1.54) is 30.3 Å². The first-order chi connectivity index (χ1) is 9.91. The fraction of sp³-hybridized carbons (Fsp3) is 0. The molecule has 21 heavy (non-hydrogen) atoms. The number of rotatable bonds is 3. The molecule has 108 valence electrons. The number of anilines is 1. The Morgan fingerprint density at radius 1 is 1.29 bits per heavy atom. The number of nitro benzene ring substituents is 1. The van der Waals surface area contributed by atoms with E-state index in [1.54, 1.807) is 0 Å². The average molecular weight is 374 g/mol. The number of hydrogen-bond donors (Lipinski definition) is 1. The van der Waals surface area contributed by atoms with Crippen molar-refractivity contribution in [3.8, 4) is 0 Å². The Hall–Kier alpha value is -1.99. The molecule has 2 rings (SSSR count). The molecule has 0 saturated heterocycles. The molecule has 0 aromatic heterocycles. The Balaban J connectivity index is 2.38. The van der Waals surface area contributed by atoms with Gasteiger partial charge in [-0.15, -0.1) is 0 Å². The van der Waals surface area contributed by atoms with Crippen molar-refractivity contribution in [3.63, 3.8) is 0 Å². The zero-order valence-corrected chi connectivity index (χ0v) is 12.6. The van der Waals surface area contributed by atoms with E-state index < -0.39 is 16.6 Å². The second-order valence-corrected chi connectivity index (χ2v) is 5.15. The second-order valence-electron chi connectivity index (χ2n) is 3.95. The number of benzene rings is 2. The van der Waals surface area contributed by atoms with Gasteiger partial charge in [0.05, 0.1) is 21.2 Å². The van der Waals surface area contributed by atoms with Crippen LogP contribution in [0.25, 0.3) is 0 Å². The smallest absolute Gasteiger partial charge is 0.284 e. The number of halogens is 3. The highest BCUT2D eigenvalue weighted by atomic mass is 79.9. The summed E-state index contributed by atoms with van der Waals surface area (Å²) < 4.78 is 13.6. The summed E-state index contributed by atoms with van der Waals surface area (Å²) in [6, 6.07) is 7.95. The number of para-hydroxylation sites is 1. The van der Waals surface area contributed by atoms with Gasteiger partial charge in [-0.1, -0.05) is 23.7 Å². The maximum absolute atomic E-state index is 13.6. The summed E-state index contributed by atoms with van der Waals surface area (Å²) in [5.74, 6) is -1.41. The largest absolute Gasteiger partial charge is 0.318 e. The summed E-state index contributed by atoms with van der Waals surface area (Å²) >= 11 is 8.81. The van der Waals surface area contributed by atoms with E-state index in [1.807, 2.05) is 0 Å². The lowest BCUT2D eigenvalue weighted by atomic mass is 10.2. The predicted octanol–water partition coefficient (Wildman–Crippen LogP) is 4.40. The summed E-state index contributed by atoms with van der Waals surface area (Å²) in [6.45, 7) is 0. The van der Waals surface area contributed by atoms with Gasteiger partial charge in [0.25, 0.3) is 11.6 Å². The van der Waals surface area contributed by atoms with Gasteiger partial charge < -0.3 is 5.32 Å². The highest BCUT2D eigenvalue weighted by Crippen LogP contribution is 2.30. The molecule has 0 heterocycles. The Labute approximate surface area is 132 Å². The number of nitro groups is 1. The van der Waals surface area contributed by atoms with Gasteiger partial charge in [-0.3, -0.25) is 14.9 Å². The zero-order chi connectivity index (χ0) is 15.6. The molecule has 0 saturated carbocycles. The molecule has 1 amide bonds. The number of carbonyl (C=O) groups excluding carboxylic acids is 1. The van der Waals surface area contributed by atoms with Crippen molar-refractivity contribution < 1.29 is 14.1 Å². The van der Waals surface area contributed by atoms with E-state index in [9.17, 15) is 19.3 Å². The van der Waals surface area contributed by atoms with Gasteiger partial charge in [-0.2, -0.15) is 0 Å². The molecule has 2 aromatic carbocycles. The Kier molecular flexibility index (Phi) is 4.54. The summed E-state index contributed by atoms with van der Waals surface area (Å²) in [6.07, 6.45) is 0. The lowest BCUT2D eigenvalue weighted by Crippen LogP contribution is -2.14. The molecule has 1 N–H and O–H groups in total. The van der Waals surface area contributed by atoms with E-state index in [0.717, 1.165) is 6.07 Å². The van der Waals surface area contributed by atoms with Crippen molar-refractivity contribution in [1.82, 2.24) is 0 Å². The van der Waals surface area contributed by atoms with Gasteiger partial charge in [0.1, 0.15) is 10.3 Å². The number of nitrogens with zero attached hydrogens (tertiary/aromatic N) is 1. The molecule has 0 spiro atoms. The molecule has 0 bridgehead atoms. The Bertz CT molecular complexity index is 719. The van der Waals surface area contributed by atoms with Gasteiger partial charge in [-0.25, -0.2) is 4.39 Å². The van der Waals surface area contributed by atoms with Crippen molar-refractivity contribution in [2.24, 2.45) is 0 Å². The Morgan fingerprint density at radius 2 is 1.95 bits per heavy atom. The third-order valence-corrected chi connectivity index (χ3v) is 3.77. The van der Waals surface area contributed by atoms with Crippen molar-refractivity contribution in [2.45, 2.75) is 0 Å². The SMILES string of the molecule is O=C(Nc1c(F)cccc1Cl)c1cccc([N+](=O)[O-])c1Br. The molecular weight excluding hydrogens is 367 g/mol. The maximum Gasteiger partial charge on any atom is 0.284 e. The predicted molar refractivity (Wildman–Crippen MR) is 80.2 cm³/mol. The monoisotopic (exact) mass is 372 g/mol. The van der Waals surface area contributed by atoms with Crippen LogP contribution in [0, 0.1) is 15.9 Å². The maximum atomic E-state index is 13.6. The molecule has 0 aliphatic heterocycles. The highest BCUT2D eigenvalue weighted by Gasteiger charge is 2.20. The summed E-state index contributed by atoms with van der Waals surface area (Å²) in [5.41, 5.74) is -0.437. The molecule has 0 aliphatic rings. The number of carbonyl (C=O) groups is 1. The quantitative estimate of drug-likeness (QED) is 0.640. The molecule has 8 heteroatoms. The number of hydrogen-bond acceptors (Lipinski definition) is 3. The molecule has 2 aromatic rings. The van der Waals surface area contributed by atoms with Gasteiger partial charge in [0.15, 0.2) is 0 Å². The van der Waals surface area contributed by atoms with Gasteiger partial charge >= 0.3 is 0 Å². The van der Waals surface area contributed by atoms with Crippen LogP contribution in [-0.2, 0) is 0 Å². The first-order valence-electron chi connectivity index (χ1n) is 5.60. The van der Waals surface area contributed by atoms with Crippen LogP contribution in [-0.4, -0.2) is 10.8 Å². The molecule has 0 atom stereocenters. The van der Waals surface area contributed by atoms with Crippen molar-refractivity contribution in [3.05, 3.63) is 67.4 Å². The van der Waals surface area contributed by atoms with Crippen molar-refractivity contribution in [2.75, 3.05) is 5.32 Å². The minimum Gasteiger partial charge on any atom is -0.318 e. The van der Waals surface area contributed by atoms with Crippen molar-refractivity contribution in [1.29, 1.82) is 0 Å². The fourth-order valence-corrected chi connectivity index (χ4v) is 2.43. The first kappa shape index (κ1) is 15.4. The van der Waals surface area contributed by atoms with Gasteiger partial charge in [0.2, 0.25) is 0 Å². The summed E-state index contributed by atoms with van der Waals surface area (Å²) in [7, 11) is 0. The van der Waals surface area contributed by atoms with Crippen LogP contribution in [0.2, 0.25) is 5.02 Å². The van der Waals surface area contributed by atoms with Crippen LogP contribution >= 0.6 is 27.5 Å². The van der Waals surface area contributed by atoms with E-state index in [-0.39, 0.29) is 26.4 Å². The molecule has 0 fully saturated rings. The average Bonchev–Trinajstić information content (AvgIpc) is 2.42. The number of nitrogens with one attached hydrogen (secondary N) is 1. The standard InChI is InChI=1S/C13H7BrClFN2O3/c14-11-7(3-1-6-10(11)18(20)21)13(19)17-12-8(15)4-2-5-9(12)16/h1-6H,(H,17,19). The van der Waals surface area contributed by atoms with E-state index in [4.69, 9.17) is 11.6 Å². The van der Waals surface area contributed by atoms with Crippen LogP contribution in [0.1, 0.15) is 10.4 Å². The third-order valence-electron chi connectivity index (χ3n) is 2.62. The minimum atomic E-state index is -0.711. The van der Waals surface area contributed by atoms with Gasteiger partial charge in [0, 0.05) is 6.07 Å². The van der Waals surface area contributed by atoms with Crippen LogP contribution < -0.4 is 5.32 Å². The minimum absolute atomic E-state index is 0.00326. The molecule has 0 unspecified atom stereocenters. The summed E-state index contributed by atoms with van der Waals surface area (Å²) in [4.78, 5) is 22.3. The second kappa shape index (κ2) is 6.19. The van der Waals surface area contributed by atoms with Crippen molar-refractivity contribution >= 4 is 44.8 Å². The highest BCUT2D eigenvalue weighted by molar-refractivity contribution is 9.10. The van der Waals surface area contributed by atoms with Crippen LogP contribution in [0.15, 0.2) is 40.9 Å². The molecular formula is C13H7BrClFN2O3. The first-order valence-corrected chi connectivity index (χ1v) is 6.77. The topological polar surface area (TPSA) is 72.2 Å². The fourth-order valence-electron chi connectivity index (χ4n) is 1.63. The number of amides is 1. The van der Waals surface area contributed by atoms with E-state index >= 15 is 0 Å². The lowest BCUT2D eigenvalue weighted by molar-refractivity contribution is -0.385. The zero-order valence-electron chi connectivity index (χ0n) is 10.3. The van der Waals surface area contributed by atoms with E-state index in [2.05, 4.69) is 21.2 Å². The Morgan fingerprint density at radius 3 is 2.57 bits per heavy atom. The third kappa shape index (κ3) is 3.20.